The van der Waals surface area contributed by atoms with Gasteiger partial charge < -0.3 is 15.3 Å². The van der Waals surface area contributed by atoms with Gasteiger partial charge in [0.1, 0.15) is 6.04 Å². The Morgan fingerprint density at radius 1 is 1.55 bits per heavy atom. The number of hydrogen-bond acceptors (Lipinski definition) is 3. The molecule has 1 aromatic heterocycles. The molecule has 2 unspecified atom stereocenters. The van der Waals surface area contributed by atoms with E-state index in [4.69, 9.17) is 5.11 Å². The van der Waals surface area contributed by atoms with Gasteiger partial charge in [-0.2, -0.15) is 0 Å². The van der Waals surface area contributed by atoms with Crippen LogP contribution in [0, 0.1) is 5.92 Å². The lowest BCUT2D eigenvalue weighted by atomic mass is 10.2. The van der Waals surface area contributed by atoms with Crippen molar-refractivity contribution in [2.45, 2.75) is 38.3 Å². The van der Waals surface area contributed by atoms with Gasteiger partial charge in [0.15, 0.2) is 0 Å². The molecular weight excluding hydrogens is 276 g/mol. The molecule has 20 heavy (non-hydrogen) atoms. The Morgan fingerprint density at radius 3 is 2.75 bits per heavy atom. The summed E-state index contributed by atoms with van der Waals surface area (Å²) >= 11 is 1.66. The Morgan fingerprint density at radius 2 is 2.25 bits per heavy atom. The molecular formula is C14H20N2O3S. The summed E-state index contributed by atoms with van der Waals surface area (Å²) in [5.74, 6) is -0.849. The van der Waals surface area contributed by atoms with E-state index in [-0.39, 0.29) is 18.0 Å². The second kappa shape index (κ2) is 6.26. The Balaban J connectivity index is 1.88. The van der Waals surface area contributed by atoms with E-state index in [0.29, 0.717) is 0 Å². The number of carbonyl (C=O) groups excluding carboxylic acids is 1. The van der Waals surface area contributed by atoms with Gasteiger partial charge in [-0.05, 0) is 37.1 Å². The van der Waals surface area contributed by atoms with E-state index >= 15 is 0 Å². The number of likely N-dealkylation sites (N-methyl/N-ethyl adjacent to an activating group) is 1. The fraction of sp³-hybridized carbons (Fsp3) is 0.571. The van der Waals surface area contributed by atoms with Crippen LogP contribution in [-0.4, -0.2) is 41.1 Å². The molecule has 2 N–H and O–H groups in total. The van der Waals surface area contributed by atoms with Crippen molar-refractivity contribution in [1.29, 1.82) is 0 Å². The van der Waals surface area contributed by atoms with Crippen molar-refractivity contribution in [3.05, 3.63) is 22.4 Å². The van der Waals surface area contributed by atoms with Crippen molar-refractivity contribution in [2.24, 2.45) is 5.92 Å². The Kier molecular flexibility index (Phi) is 4.65. The van der Waals surface area contributed by atoms with E-state index in [1.54, 1.807) is 23.3 Å². The lowest BCUT2D eigenvalue weighted by molar-refractivity contribution is -0.139. The van der Waals surface area contributed by atoms with Crippen molar-refractivity contribution in [3.63, 3.8) is 0 Å². The molecule has 0 aromatic carbocycles. The molecule has 0 aliphatic heterocycles. The van der Waals surface area contributed by atoms with Gasteiger partial charge in [0, 0.05) is 24.4 Å². The van der Waals surface area contributed by atoms with Crippen LogP contribution >= 0.6 is 11.3 Å². The van der Waals surface area contributed by atoms with Crippen molar-refractivity contribution in [2.75, 3.05) is 7.05 Å². The number of aliphatic carboxylic acids is 1. The topological polar surface area (TPSA) is 69.6 Å². The molecule has 110 valence electrons. The predicted octanol–water partition coefficient (Wildman–Crippen LogP) is 2.18. The number of urea groups is 1. The van der Waals surface area contributed by atoms with Gasteiger partial charge in [0.05, 0.1) is 0 Å². The molecule has 1 heterocycles. The zero-order valence-corrected chi connectivity index (χ0v) is 12.5. The zero-order chi connectivity index (χ0) is 14.7. The van der Waals surface area contributed by atoms with Crippen LogP contribution in [0.4, 0.5) is 4.79 Å². The summed E-state index contributed by atoms with van der Waals surface area (Å²) in [6.45, 7) is 1.96. The standard InChI is InChI=1S/C14H20N2O3S/c1-9(8-11-4-3-7-20-11)16(2)14(19)15-12(13(17)18)10-5-6-10/h3-4,7,9-10,12H,5-6,8H2,1-2H3,(H,15,19)(H,17,18). The fourth-order valence-corrected chi connectivity index (χ4v) is 2.93. The highest BCUT2D eigenvalue weighted by Crippen LogP contribution is 2.32. The third-order valence-electron chi connectivity index (χ3n) is 3.70. The molecule has 1 aliphatic carbocycles. The number of carbonyl (C=O) groups is 2. The Labute approximate surface area is 122 Å². The van der Waals surface area contributed by atoms with Crippen molar-refractivity contribution in [3.8, 4) is 0 Å². The first-order valence-electron chi connectivity index (χ1n) is 6.77. The highest BCUT2D eigenvalue weighted by Gasteiger charge is 2.38. The lowest BCUT2D eigenvalue weighted by Gasteiger charge is -2.26. The molecule has 2 amide bonds. The summed E-state index contributed by atoms with van der Waals surface area (Å²) in [5, 5.41) is 13.8. The van der Waals surface area contributed by atoms with E-state index in [1.807, 2.05) is 24.4 Å². The van der Waals surface area contributed by atoms with Crippen LogP contribution in [0.5, 0.6) is 0 Å². The third kappa shape index (κ3) is 3.72. The normalized spacial score (nSPS) is 17.3. The van der Waals surface area contributed by atoms with Crippen molar-refractivity contribution < 1.29 is 14.7 Å². The number of hydrogen-bond donors (Lipinski definition) is 2. The molecule has 0 spiro atoms. The van der Waals surface area contributed by atoms with Crippen LogP contribution in [0.25, 0.3) is 0 Å². The maximum absolute atomic E-state index is 12.1. The first kappa shape index (κ1) is 14.8. The smallest absolute Gasteiger partial charge is 0.326 e. The number of rotatable bonds is 6. The van der Waals surface area contributed by atoms with Gasteiger partial charge in [-0.15, -0.1) is 11.3 Å². The third-order valence-corrected chi connectivity index (χ3v) is 4.60. The summed E-state index contributed by atoms with van der Waals surface area (Å²) in [6.07, 6.45) is 2.54. The Bertz CT molecular complexity index is 471. The van der Waals surface area contributed by atoms with Crippen LogP contribution in [0.2, 0.25) is 0 Å². The number of amides is 2. The van der Waals surface area contributed by atoms with Crippen molar-refractivity contribution >= 4 is 23.3 Å². The number of nitrogens with zero attached hydrogens (tertiary/aromatic N) is 1. The molecule has 1 fully saturated rings. The highest BCUT2D eigenvalue weighted by atomic mass is 32.1. The number of carboxylic acid groups (broad SMARTS) is 1. The number of thiophene rings is 1. The minimum absolute atomic E-state index is 0.0299. The Hall–Kier alpha value is -1.56. The SMILES string of the molecule is CC(Cc1cccs1)N(C)C(=O)NC(C(=O)O)C1CC1. The average molecular weight is 296 g/mol. The quantitative estimate of drug-likeness (QED) is 0.845. The van der Waals surface area contributed by atoms with Crippen LogP contribution in [0.15, 0.2) is 17.5 Å². The molecule has 1 saturated carbocycles. The number of carboxylic acids is 1. The van der Waals surface area contributed by atoms with Crippen LogP contribution in [-0.2, 0) is 11.2 Å². The summed E-state index contributed by atoms with van der Waals surface area (Å²) in [5.41, 5.74) is 0. The first-order chi connectivity index (χ1) is 9.49. The molecule has 0 radical (unpaired) electrons. The number of nitrogens with one attached hydrogen (secondary N) is 1. The van der Waals surface area contributed by atoms with Crippen LogP contribution < -0.4 is 5.32 Å². The largest absolute Gasteiger partial charge is 0.480 e. The molecule has 2 rings (SSSR count). The maximum atomic E-state index is 12.1. The van der Waals surface area contributed by atoms with Gasteiger partial charge in [0.25, 0.3) is 0 Å². The molecule has 5 nitrogen and oxygen atoms in total. The van der Waals surface area contributed by atoms with E-state index < -0.39 is 12.0 Å². The summed E-state index contributed by atoms with van der Waals surface area (Å²) < 4.78 is 0. The molecule has 1 aliphatic rings. The molecule has 0 saturated heterocycles. The minimum Gasteiger partial charge on any atom is -0.480 e. The van der Waals surface area contributed by atoms with Crippen molar-refractivity contribution in [1.82, 2.24) is 10.2 Å². The lowest BCUT2D eigenvalue weighted by Crippen LogP contribution is -2.50. The molecule has 2 atom stereocenters. The van der Waals surface area contributed by atoms with Gasteiger partial charge in [-0.1, -0.05) is 6.07 Å². The van der Waals surface area contributed by atoms with Gasteiger partial charge in [-0.25, -0.2) is 9.59 Å². The van der Waals surface area contributed by atoms with Crippen LogP contribution in [0.1, 0.15) is 24.6 Å². The van der Waals surface area contributed by atoms with E-state index in [2.05, 4.69) is 5.32 Å². The zero-order valence-electron chi connectivity index (χ0n) is 11.7. The second-order valence-electron chi connectivity index (χ2n) is 5.35. The molecule has 1 aromatic rings. The predicted molar refractivity (Wildman–Crippen MR) is 77.9 cm³/mol. The summed E-state index contributed by atoms with van der Waals surface area (Å²) in [7, 11) is 1.71. The maximum Gasteiger partial charge on any atom is 0.326 e. The fourth-order valence-electron chi connectivity index (χ4n) is 2.10. The van der Waals surface area contributed by atoms with E-state index in [1.165, 1.54) is 4.88 Å². The average Bonchev–Trinajstić information content (AvgIpc) is 3.12. The van der Waals surface area contributed by atoms with Gasteiger partial charge >= 0.3 is 12.0 Å². The van der Waals surface area contributed by atoms with Gasteiger partial charge in [-0.3, -0.25) is 0 Å². The van der Waals surface area contributed by atoms with E-state index in [0.717, 1.165) is 19.3 Å². The monoisotopic (exact) mass is 296 g/mol. The minimum atomic E-state index is -0.944. The molecule has 6 heteroatoms. The summed E-state index contributed by atoms with van der Waals surface area (Å²) in [6, 6.07) is 2.99. The van der Waals surface area contributed by atoms with Crippen LogP contribution in [0.3, 0.4) is 0 Å². The highest BCUT2D eigenvalue weighted by molar-refractivity contribution is 7.09. The second-order valence-corrected chi connectivity index (χ2v) is 6.38. The first-order valence-corrected chi connectivity index (χ1v) is 7.65. The van der Waals surface area contributed by atoms with E-state index in [9.17, 15) is 9.59 Å². The molecule has 0 bridgehead atoms. The summed E-state index contributed by atoms with van der Waals surface area (Å²) in [4.78, 5) is 26.0. The van der Waals surface area contributed by atoms with Gasteiger partial charge in [0.2, 0.25) is 0 Å².